The summed E-state index contributed by atoms with van der Waals surface area (Å²) >= 11 is 0. The number of halogens is 5. The zero-order chi connectivity index (χ0) is 31.5. The number of fused-ring (bicyclic) bond motifs is 2. The van der Waals surface area contributed by atoms with Crippen LogP contribution in [0.25, 0.3) is 0 Å². The minimum Gasteiger partial charge on any atom is -0.458 e. The zero-order valence-corrected chi connectivity index (χ0v) is 23.1. The van der Waals surface area contributed by atoms with Crippen molar-refractivity contribution in [2.75, 3.05) is 0 Å². The molecule has 4 bridgehead atoms. The molecule has 0 aromatic heterocycles. The predicted octanol–water partition coefficient (Wildman–Crippen LogP) is 3.96. The van der Waals surface area contributed by atoms with Crippen molar-refractivity contribution in [2.24, 2.45) is 29.6 Å². The third-order valence-corrected chi connectivity index (χ3v) is 10.7. The van der Waals surface area contributed by atoms with Gasteiger partial charge in [-0.15, -0.1) is 0 Å². The second-order valence-corrected chi connectivity index (χ2v) is 13.4. The van der Waals surface area contributed by atoms with Crippen LogP contribution in [0.2, 0.25) is 0 Å². The van der Waals surface area contributed by atoms with E-state index < -0.39 is 87.4 Å². The third kappa shape index (κ3) is 3.97. The number of carbonyl (C=O) groups excluding carboxylic acids is 3. The van der Waals surface area contributed by atoms with Crippen LogP contribution in [0.1, 0.15) is 46.9 Å². The van der Waals surface area contributed by atoms with Crippen molar-refractivity contribution in [2.45, 2.75) is 54.4 Å². The molecule has 2 saturated carbocycles. The number of ether oxygens (including phenoxy) is 3. The molecule has 9 nitrogen and oxygen atoms in total. The molecule has 5 aliphatic carbocycles. The number of rotatable bonds is 6. The van der Waals surface area contributed by atoms with Gasteiger partial charge in [0, 0.05) is 23.7 Å². The molecule has 44 heavy (non-hydrogen) atoms. The number of esters is 3. The first-order valence-corrected chi connectivity index (χ1v) is 15.3. The summed E-state index contributed by atoms with van der Waals surface area (Å²) in [6.45, 7) is 0. The highest BCUT2D eigenvalue weighted by Gasteiger charge is 2.74. The van der Waals surface area contributed by atoms with E-state index in [4.69, 9.17) is 14.0 Å². The van der Waals surface area contributed by atoms with Gasteiger partial charge in [0.25, 0.3) is 0 Å². The molecule has 1 saturated heterocycles. The molecule has 2 aromatic rings. The normalized spacial score (nSPS) is 34.9. The summed E-state index contributed by atoms with van der Waals surface area (Å²) in [5, 5.41) is 0. The highest BCUT2D eigenvalue weighted by Crippen LogP contribution is 2.61. The minimum atomic E-state index is -6.42. The summed E-state index contributed by atoms with van der Waals surface area (Å²) in [4.78, 5) is 39.5. The van der Waals surface area contributed by atoms with E-state index in [9.17, 15) is 44.8 Å². The second kappa shape index (κ2) is 9.46. The van der Waals surface area contributed by atoms with Crippen LogP contribution < -0.4 is 0 Å². The molecule has 9 unspecified atom stereocenters. The summed E-state index contributed by atoms with van der Waals surface area (Å²) in [6.07, 6.45) is -8.39. The van der Waals surface area contributed by atoms with Crippen LogP contribution >= 0.6 is 0 Å². The van der Waals surface area contributed by atoms with Crippen molar-refractivity contribution < 1.29 is 63.5 Å². The first kappa shape index (κ1) is 29.1. The number of benzene rings is 2. The maximum Gasteiger partial charge on any atom is 0.464 e. The molecule has 1 heterocycles. The smallest absolute Gasteiger partial charge is 0.458 e. The van der Waals surface area contributed by atoms with Crippen LogP contribution in [0.15, 0.2) is 48.5 Å². The summed E-state index contributed by atoms with van der Waals surface area (Å²) in [6, 6.07) is 15.3. The summed E-state index contributed by atoms with van der Waals surface area (Å²) < 4.78 is 115. The Labute approximate surface area is 246 Å². The molecular formula is C29H23F5O9S. The SMILES string of the molecule is O=C(OC1C2CC3C1OC(=O)C3C2C(=O)OC(F)(C(F)S(=O)(=O)O)C(F)(F)F)C1CC2c3ccccc3C1c1ccccc12. The summed E-state index contributed by atoms with van der Waals surface area (Å²) in [5.74, 6) is -16.0. The lowest BCUT2D eigenvalue weighted by Gasteiger charge is -2.45. The standard InChI is InChI=1S/C29H23F5O9S/c30-27(44(38,39)40)28(31,29(32,33)34)43-26(37)21-17-10-16-20(21)25(36)42-23(16)22(17)41-24(35)18-9-15-11-5-1-3-7-13(11)19(18)14-8-4-2-6-12(14)15/h1-8,15-23,27H,9-10H2,(H,38,39,40). The Morgan fingerprint density at radius 3 is 2.02 bits per heavy atom. The number of hydrogen-bond acceptors (Lipinski definition) is 8. The van der Waals surface area contributed by atoms with E-state index in [1.54, 1.807) is 0 Å². The lowest BCUT2D eigenvalue weighted by molar-refractivity contribution is -0.332. The van der Waals surface area contributed by atoms with Gasteiger partial charge in [-0.05, 0) is 35.1 Å². The van der Waals surface area contributed by atoms with Gasteiger partial charge in [-0.1, -0.05) is 48.5 Å². The van der Waals surface area contributed by atoms with Crippen molar-refractivity contribution >= 4 is 28.0 Å². The monoisotopic (exact) mass is 642 g/mol. The van der Waals surface area contributed by atoms with Gasteiger partial charge in [-0.3, -0.25) is 18.9 Å². The fraction of sp³-hybridized carbons (Fsp3) is 0.483. The molecule has 8 rings (SSSR count). The molecule has 3 fully saturated rings. The fourth-order valence-corrected chi connectivity index (χ4v) is 8.76. The van der Waals surface area contributed by atoms with Crippen LogP contribution in [0.3, 0.4) is 0 Å². The molecule has 0 radical (unpaired) electrons. The zero-order valence-electron chi connectivity index (χ0n) is 22.3. The summed E-state index contributed by atoms with van der Waals surface area (Å²) in [5.41, 5.74) is -0.687. The first-order valence-electron chi connectivity index (χ1n) is 13.8. The van der Waals surface area contributed by atoms with Crippen LogP contribution in [0.4, 0.5) is 22.0 Å². The molecule has 6 aliphatic rings. The Bertz CT molecular complexity index is 1650. The molecule has 15 heteroatoms. The Kier molecular flexibility index (Phi) is 6.26. The first-order chi connectivity index (χ1) is 20.6. The predicted molar refractivity (Wildman–Crippen MR) is 135 cm³/mol. The van der Waals surface area contributed by atoms with Gasteiger partial charge in [-0.25, -0.2) is 4.39 Å². The van der Waals surface area contributed by atoms with Gasteiger partial charge in [-0.2, -0.15) is 26.0 Å². The Balaban J connectivity index is 1.17. The van der Waals surface area contributed by atoms with Crippen LogP contribution in [-0.2, 0) is 38.7 Å². The van der Waals surface area contributed by atoms with E-state index in [1.165, 1.54) is 0 Å². The third-order valence-electron chi connectivity index (χ3n) is 9.87. The number of hydrogen-bond donors (Lipinski definition) is 1. The van der Waals surface area contributed by atoms with Gasteiger partial charge in [0.1, 0.15) is 12.2 Å². The molecule has 9 atom stereocenters. The van der Waals surface area contributed by atoms with Crippen LogP contribution in [-0.4, -0.2) is 60.6 Å². The lowest BCUT2D eigenvalue weighted by atomic mass is 9.59. The maximum absolute atomic E-state index is 14.9. The molecule has 234 valence electrons. The molecular weight excluding hydrogens is 619 g/mol. The average molecular weight is 643 g/mol. The van der Waals surface area contributed by atoms with Crippen molar-refractivity contribution in [1.82, 2.24) is 0 Å². The van der Waals surface area contributed by atoms with E-state index >= 15 is 0 Å². The van der Waals surface area contributed by atoms with Crippen LogP contribution in [0, 0.1) is 29.6 Å². The second-order valence-electron chi connectivity index (χ2n) is 11.9. The van der Waals surface area contributed by atoms with Gasteiger partial charge < -0.3 is 14.2 Å². The topological polar surface area (TPSA) is 133 Å². The Morgan fingerprint density at radius 1 is 0.909 bits per heavy atom. The Morgan fingerprint density at radius 2 is 1.48 bits per heavy atom. The average Bonchev–Trinajstić information content (AvgIpc) is 3.59. The minimum absolute atomic E-state index is 0.0379. The molecule has 0 spiro atoms. The summed E-state index contributed by atoms with van der Waals surface area (Å²) in [7, 11) is -6.33. The highest BCUT2D eigenvalue weighted by molar-refractivity contribution is 7.86. The Hall–Kier alpha value is -3.59. The van der Waals surface area contributed by atoms with E-state index in [0.717, 1.165) is 22.3 Å². The highest BCUT2D eigenvalue weighted by atomic mass is 32.2. The largest absolute Gasteiger partial charge is 0.464 e. The molecule has 1 N–H and O–H groups in total. The molecule has 1 aliphatic heterocycles. The van der Waals surface area contributed by atoms with Crippen molar-refractivity contribution in [3.63, 3.8) is 0 Å². The quantitative estimate of drug-likeness (QED) is 0.215. The van der Waals surface area contributed by atoms with Gasteiger partial charge >= 0.3 is 45.6 Å². The fourth-order valence-electron chi connectivity index (χ4n) is 8.20. The van der Waals surface area contributed by atoms with E-state index in [0.29, 0.717) is 6.42 Å². The van der Waals surface area contributed by atoms with Gasteiger partial charge in [0.15, 0.2) is 0 Å². The van der Waals surface area contributed by atoms with Crippen molar-refractivity contribution in [1.29, 1.82) is 0 Å². The molecule has 2 aromatic carbocycles. The number of carbonyl (C=O) groups is 3. The van der Waals surface area contributed by atoms with Crippen molar-refractivity contribution in [3.8, 4) is 0 Å². The van der Waals surface area contributed by atoms with Crippen molar-refractivity contribution in [3.05, 3.63) is 70.8 Å². The number of alkyl halides is 5. The van der Waals surface area contributed by atoms with E-state index in [-0.39, 0.29) is 18.3 Å². The van der Waals surface area contributed by atoms with Gasteiger partial charge in [0.2, 0.25) is 0 Å². The maximum atomic E-state index is 14.9. The molecule has 0 amide bonds. The van der Waals surface area contributed by atoms with Gasteiger partial charge in [0.05, 0.1) is 17.8 Å². The van der Waals surface area contributed by atoms with E-state index in [2.05, 4.69) is 4.74 Å². The lowest BCUT2D eigenvalue weighted by Crippen LogP contribution is -2.56. The van der Waals surface area contributed by atoms with E-state index in [1.807, 2.05) is 48.5 Å². The van der Waals surface area contributed by atoms with Crippen LogP contribution in [0.5, 0.6) is 0 Å².